The molecule has 0 unspecified atom stereocenters. The fourth-order valence-corrected chi connectivity index (χ4v) is 5.53. The highest BCUT2D eigenvalue weighted by Crippen LogP contribution is 2.39. The Morgan fingerprint density at radius 3 is 2.65 bits per heavy atom. The van der Waals surface area contributed by atoms with Crippen molar-refractivity contribution >= 4 is 34.1 Å². The number of carbonyl (C=O) groups is 1. The molecule has 3 aromatic rings. The Morgan fingerprint density at radius 1 is 1.06 bits per heavy atom. The van der Waals surface area contributed by atoms with Crippen molar-refractivity contribution in [3.05, 3.63) is 75.2 Å². The zero-order chi connectivity index (χ0) is 23.9. The number of fused-ring (bicyclic) bond motifs is 1. The summed E-state index contributed by atoms with van der Waals surface area (Å²) in [6.07, 6.45) is 9.51. The van der Waals surface area contributed by atoms with E-state index in [1.807, 2.05) is 42.6 Å². The van der Waals surface area contributed by atoms with E-state index in [-0.39, 0.29) is 5.91 Å². The standard InChI is InChI=1S/C29H34N2O2S/c1-4-17-33-25-13-10-9-11-22(25)19-30-29-27(24-12-7-5-6-8-14-26(24)34-29)28(32)31-23-16-15-20(2)21(3)18-23/h9-11,13,15-16,18-19H,4-8,12,14,17H2,1-3H3,(H,31,32). The molecule has 0 saturated heterocycles. The third-order valence-electron chi connectivity index (χ3n) is 6.35. The first-order chi connectivity index (χ1) is 16.6. The van der Waals surface area contributed by atoms with Gasteiger partial charge in [-0.1, -0.05) is 38.0 Å². The van der Waals surface area contributed by atoms with Crippen molar-refractivity contribution in [1.82, 2.24) is 0 Å². The van der Waals surface area contributed by atoms with Crippen molar-refractivity contribution in [2.24, 2.45) is 4.99 Å². The summed E-state index contributed by atoms with van der Waals surface area (Å²) >= 11 is 1.67. The van der Waals surface area contributed by atoms with Gasteiger partial charge in [0.1, 0.15) is 10.8 Å². The Labute approximate surface area is 207 Å². The Morgan fingerprint density at radius 2 is 1.85 bits per heavy atom. The van der Waals surface area contributed by atoms with Gasteiger partial charge in [-0.15, -0.1) is 11.3 Å². The Hall–Kier alpha value is -2.92. The third-order valence-corrected chi connectivity index (χ3v) is 7.55. The molecular weight excluding hydrogens is 440 g/mol. The molecule has 0 bridgehead atoms. The van der Waals surface area contributed by atoms with Gasteiger partial charge in [-0.05, 0) is 86.9 Å². The van der Waals surface area contributed by atoms with Crippen LogP contribution in [0.3, 0.4) is 0 Å². The van der Waals surface area contributed by atoms with Gasteiger partial charge in [0.15, 0.2) is 0 Å². The topological polar surface area (TPSA) is 50.7 Å². The first kappa shape index (κ1) is 24.2. The molecule has 1 aromatic heterocycles. The lowest BCUT2D eigenvalue weighted by Crippen LogP contribution is -2.14. The van der Waals surface area contributed by atoms with Gasteiger partial charge >= 0.3 is 0 Å². The molecule has 0 spiro atoms. The number of carbonyl (C=O) groups excluding carboxylic acids is 1. The van der Waals surface area contributed by atoms with Gasteiger partial charge in [0.2, 0.25) is 0 Å². The predicted octanol–water partition coefficient (Wildman–Crippen LogP) is 7.82. The Bertz CT molecular complexity index is 1180. The van der Waals surface area contributed by atoms with Crippen LogP contribution >= 0.6 is 11.3 Å². The van der Waals surface area contributed by atoms with Gasteiger partial charge in [0.25, 0.3) is 5.91 Å². The molecule has 1 N–H and O–H groups in total. The molecular formula is C29H34N2O2S. The lowest BCUT2D eigenvalue weighted by Gasteiger charge is -2.12. The number of aryl methyl sites for hydroxylation is 3. The Kier molecular flexibility index (Phi) is 8.17. The van der Waals surface area contributed by atoms with E-state index in [0.717, 1.165) is 53.2 Å². The van der Waals surface area contributed by atoms with Gasteiger partial charge < -0.3 is 10.1 Å². The second-order valence-corrected chi connectivity index (χ2v) is 10.1. The molecule has 0 radical (unpaired) electrons. The van der Waals surface area contributed by atoms with Crippen LogP contribution in [-0.2, 0) is 12.8 Å². The molecule has 178 valence electrons. The largest absolute Gasteiger partial charge is 0.493 e. The maximum Gasteiger partial charge on any atom is 0.259 e. The second-order valence-electron chi connectivity index (χ2n) is 9.00. The zero-order valence-electron chi connectivity index (χ0n) is 20.4. The number of hydrogen-bond donors (Lipinski definition) is 1. The summed E-state index contributed by atoms with van der Waals surface area (Å²) in [4.78, 5) is 19.8. The van der Waals surface area contributed by atoms with E-state index in [1.165, 1.54) is 40.8 Å². The molecule has 1 heterocycles. The number of benzene rings is 2. The van der Waals surface area contributed by atoms with E-state index in [0.29, 0.717) is 6.61 Å². The first-order valence-corrected chi connectivity index (χ1v) is 13.2. The highest BCUT2D eigenvalue weighted by molar-refractivity contribution is 7.16. The summed E-state index contributed by atoms with van der Waals surface area (Å²) < 4.78 is 5.90. The van der Waals surface area contributed by atoms with E-state index in [9.17, 15) is 4.79 Å². The summed E-state index contributed by atoms with van der Waals surface area (Å²) in [7, 11) is 0. The van der Waals surface area contributed by atoms with Crippen LogP contribution in [0.4, 0.5) is 10.7 Å². The van der Waals surface area contributed by atoms with E-state index in [4.69, 9.17) is 9.73 Å². The lowest BCUT2D eigenvalue weighted by atomic mass is 9.96. The maximum atomic E-state index is 13.6. The smallest absolute Gasteiger partial charge is 0.259 e. The monoisotopic (exact) mass is 474 g/mol. The third kappa shape index (κ3) is 5.76. The SMILES string of the molecule is CCCOc1ccccc1C=Nc1sc2c(c1C(=O)Nc1ccc(C)c(C)c1)CCCCCC2. The van der Waals surface area contributed by atoms with Crippen molar-refractivity contribution in [2.75, 3.05) is 11.9 Å². The van der Waals surface area contributed by atoms with Gasteiger partial charge in [-0.25, -0.2) is 4.99 Å². The summed E-state index contributed by atoms with van der Waals surface area (Å²) in [6, 6.07) is 14.0. The number of thiophene rings is 1. The number of aliphatic imine (C=N–C) groups is 1. The number of nitrogens with zero attached hydrogens (tertiary/aromatic N) is 1. The number of nitrogens with one attached hydrogen (secondary N) is 1. The number of amides is 1. The minimum absolute atomic E-state index is 0.0657. The minimum Gasteiger partial charge on any atom is -0.493 e. The quantitative estimate of drug-likeness (QED) is 0.355. The fraction of sp³-hybridized carbons (Fsp3) is 0.379. The molecule has 0 atom stereocenters. The predicted molar refractivity (Wildman–Crippen MR) is 144 cm³/mol. The van der Waals surface area contributed by atoms with Crippen LogP contribution in [0.15, 0.2) is 47.5 Å². The summed E-state index contributed by atoms with van der Waals surface area (Å²) in [5.41, 5.74) is 6.06. The number of hydrogen-bond acceptors (Lipinski definition) is 4. The molecule has 34 heavy (non-hydrogen) atoms. The number of ether oxygens (including phenoxy) is 1. The van der Waals surface area contributed by atoms with Crippen molar-refractivity contribution in [2.45, 2.75) is 65.7 Å². The molecule has 1 amide bonds. The number of anilines is 1. The summed E-state index contributed by atoms with van der Waals surface area (Å²) in [5, 5.41) is 3.94. The van der Waals surface area contributed by atoms with Crippen LogP contribution in [0.5, 0.6) is 5.75 Å². The highest BCUT2D eigenvalue weighted by atomic mass is 32.1. The molecule has 0 saturated carbocycles. The number of rotatable bonds is 7. The molecule has 4 nitrogen and oxygen atoms in total. The summed E-state index contributed by atoms with van der Waals surface area (Å²) in [5.74, 6) is 0.758. The first-order valence-electron chi connectivity index (χ1n) is 12.4. The van der Waals surface area contributed by atoms with Crippen LogP contribution in [0.2, 0.25) is 0 Å². The molecule has 1 aliphatic rings. The molecule has 0 aliphatic heterocycles. The molecule has 0 fully saturated rings. The van der Waals surface area contributed by atoms with Gasteiger partial charge in [-0.2, -0.15) is 0 Å². The van der Waals surface area contributed by atoms with Gasteiger partial charge in [0.05, 0.1) is 12.2 Å². The van der Waals surface area contributed by atoms with E-state index < -0.39 is 0 Å². The van der Waals surface area contributed by atoms with Crippen LogP contribution in [0.1, 0.15) is 76.5 Å². The van der Waals surface area contributed by atoms with E-state index in [1.54, 1.807) is 11.3 Å². The number of para-hydroxylation sites is 1. The van der Waals surface area contributed by atoms with Gasteiger partial charge in [0, 0.05) is 22.3 Å². The Balaban J connectivity index is 1.69. The summed E-state index contributed by atoms with van der Waals surface area (Å²) in [6.45, 7) is 6.91. The van der Waals surface area contributed by atoms with Gasteiger partial charge in [-0.3, -0.25) is 4.79 Å². The maximum absolute atomic E-state index is 13.6. The van der Waals surface area contributed by atoms with E-state index in [2.05, 4.69) is 32.2 Å². The van der Waals surface area contributed by atoms with Crippen molar-refractivity contribution in [1.29, 1.82) is 0 Å². The zero-order valence-corrected chi connectivity index (χ0v) is 21.3. The molecule has 4 rings (SSSR count). The average molecular weight is 475 g/mol. The average Bonchev–Trinajstić information content (AvgIpc) is 3.15. The van der Waals surface area contributed by atoms with E-state index >= 15 is 0 Å². The van der Waals surface area contributed by atoms with Crippen LogP contribution < -0.4 is 10.1 Å². The second kappa shape index (κ2) is 11.5. The molecule has 2 aromatic carbocycles. The van der Waals surface area contributed by atoms with Crippen LogP contribution in [-0.4, -0.2) is 18.7 Å². The normalized spacial score (nSPS) is 13.9. The fourth-order valence-electron chi connectivity index (χ4n) is 4.30. The van der Waals surface area contributed by atoms with Crippen LogP contribution in [0.25, 0.3) is 0 Å². The van der Waals surface area contributed by atoms with Crippen LogP contribution in [0, 0.1) is 13.8 Å². The van der Waals surface area contributed by atoms with Crippen molar-refractivity contribution in [3.8, 4) is 5.75 Å². The minimum atomic E-state index is -0.0657. The lowest BCUT2D eigenvalue weighted by molar-refractivity contribution is 0.102. The van der Waals surface area contributed by atoms with Crippen molar-refractivity contribution in [3.63, 3.8) is 0 Å². The molecule has 1 aliphatic carbocycles. The molecule has 5 heteroatoms. The highest BCUT2D eigenvalue weighted by Gasteiger charge is 2.24. The van der Waals surface area contributed by atoms with Crippen molar-refractivity contribution < 1.29 is 9.53 Å².